The number of hydrogen-bond acceptors (Lipinski definition) is 4. The van der Waals surface area contributed by atoms with Gasteiger partial charge in [-0.2, -0.15) is 13.2 Å². The number of alkyl halides is 3. The first kappa shape index (κ1) is 22.0. The Bertz CT molecular complexity index is 1050. The van der Waals surface area contributed by atoms with Crippen LogP contribution in [-0.4, -0.2) is 26.8 Å². The van der Waals surface area contributed by atoms with Gasteiger partial charge in [-0.15, -0.1) is 0 Å². The summed E-state index contributed by atoms with van der Waals surface area (Å²) >= 11 is 0. The molecule has 0 spiro atoms. The number of rotatable bonds is 6. The van der Waals surface area contributed by atoms with Crippen molar-refractivity contribution in [1.82, 2.24) is 5.32 Å². The zero-order valence-corrected chi connectivity index (χ0v) is 17.9. The average Bonchev–Trinajstić information content (AvgIpc) is 2.81. The molecule has 0 unspecified atom stereocenters. The maximum atomic E-state index is 12.8. The number of fused-ring (bicyclic) bond motifs is 1. The number of ether oxygens (including phenoxy) is 2. The first-order valence-electron chi connectivity index (χ1n) is 10.4. The predicted molar refractivity (Wildman–Crippen MR) is 118 cm³/mol. The molecule has 0 amide bonds. The van der Waals surface area contributed by atoms with Crippen LogP contribution in [-0.2, 0) is 12.6 Å². The molecule has 4 nitrogen and oxygen atoms in total. The van der Waals surface area contributed by atoms with Gasteiger partial charge in [0.15, 0.2) is 11.5 Å². The number of hydrogen-bond donors (Lipinski definition) is 2. The first-order chi connectivity index (χ1) is 15.4. The third-order valence-corrected chi connectivity index (χ3v) is 5.72. The second-order valence-corrected chi connectivity index (χ2v) is 7.77. The summed E-state index contributed by atoms with van der Waals surface area (Å²) in [6, 6.07) is 19.3. The molecule has 1 heterocycles. The molecule has 1 aliphatic rings. The minimum Gasteiger partial charge on any atom is -0.493 e. The zero-order chi connectivity index (χ0) is 22.7. The van der Waals surface area contributed by atoms with Gasteiger partial charge >= 0.3 is 6.18 Å². The fraction of sp³-hybridized carbons (Fsp3) is 0.280. The van der Waals surface area contributed by atoms with Crippen LogP contribution in [0.25, 0.3) is 0 Å². The van der Waals surface area contributed by atoms with Crippen LogP contribution in [0, 0.1) is 0 Å². The van der Waals surface area contributed by atoms with Gasteiger partial charge < -0.3 is 20.1 Å². The third-order valence-electron chi connectivity index (χ3n) is 5.72. The summed E-state index contributed by atoms with van der Waals surface area (Å²) in [4.78, 5) is 0. The molecule has 0 bridgehead atoms. The van der Waals surface area contributed by atoms with Crippen molar-refractivity contribution in [3.63, 3.8) is 0 Å². The fourth-order valence-corrected chi connectivity index (χ4v) is 4.10. The highest BCUT2D eigenvalue weighted by Gasteiger charge is 2.31. The van der Waals surface area contributed by atoms with Crippen molar-refractivity contribution in [2.45, 2.75) is 24.7 Å². The molecule has 7 heteroatoms. The molecule has 0 saturated heterocycles. The second-order valence-electron chi connectivity index (χ2n) is 7.77. The van der Waals surface area contributed by atoms with Crippen LogP contribution >= 0.6 is 0 Å². The van der Waals surface area contributed by atoms with Gasteiger partial charge in [-0.1, -0.05) is 30.3 Å². The van der Waals surface area contributed by atoms with Gasteiger partial charge in [0.1, 0.15) is 0 Å². The van der Waals surface area contributed by atoms with Crippen LogP contribution in [0.15, 0.2) is 66.7 Å². The van der Waals surface area contributed by atoms with Crippen LogP contribution in [0.1, 0.15) is 28.3 Å². The van der Waals surface area contributed by atoms with E-state index in [2.05, 4.69) is 22.8 Å². The molecule has 3 aromatic rings. The van der Waals surface area contributed by atoms with E-state index in [9.17, 15) is 13.2 Å². The first-order valence-corrected chi connectivity index (χ1v) is 10.4. The molecule has 0 aliphatic carbocycles. The molecule has 4 rings (SSSR count). The molecule has 1 aliphatic heterocycles. The SMILES string of the molecule is COc1cc2c(cc1OC)[C@H](c1ccccc1)N[C@H](CNc1ccc(C(F)(F)F)cc1)C2. The van der Waals surface area contributed by atoms with Crippen molar-refractivity contribution < 1.29 is 22.6 Å². The highest BCUT2D eigenvalue weighted by molar-refractivity contribution is 5.52. The molecule has 3 aromatic carbocycles. The molecular formula is C25H25F3N2O2. The Morgan fingerprint density at radius 3 is 2.22 bits per heavy atom. The summed E-state index contributed by atoms with van der Waals surface area (Å²) in [6.07, 6.45) is -3.59. The lowest BCUT2D eigenvalue weighted by molar-refractivity contribution is -0.137. The highest BCUT2D eigenvalue weighted by Crippen LogP contribution is 2.38. The molecule has 0 saturated carbocycles. The van der Waals surface area contributed by atoms with Gasteiger partial charge in [0, 0.05) is 18.3 Å². The number of benzene rings is 3. The quantitative estimate of drug-likeness (QED) is 0.534. The Morgan fingerprint density at radius 2 is 1.59 bits per heavy atom. The molecule has 32 heavy (non-hydrogen) atoms. The zero-order valence-electron chi connectivity index (χ0n) is 17.9. The maximum absolute atomic E-state index is 12.8. The van der Waals surface area contributed by atoms with Gasteiger partial charge in [0.25, 0.3) is 0 Å². The molecule has 2 atom stereocenters. The van der Waals surface area contributed by atoms with Crippen LogP contribution < -0.4 is 20.1 Å². The van der Waals surface area contributed by atoms with E-state index in [1.165, 1.54) is 12.1 Å². The smallest absolute Gasteiger partial charge is 0.416 e. The lowest BCUT2D eigenvalue weighted by Gasteiger charge is -2.34. The van der Waals surface area contributed by atoms with Crippen molar-refractivity contribution >= 4 is 5.69 Å². The standard InChI is InChI=1S/C25H25F3N2O2/c1-31-22-13-17-12-20(15-29-19-10-8-18(9-11-19)25(26,27)28)30-24(16-6-4-3-5-7-16)21(17)14-23(22)32-2/h3-11,13-14,20,24,29-30H,12,15H2,1-2H3/t20-,24-/m0/s1. The van der Waals surface area contributed by atoms with Crippen LogP contribution in [0.3, 0.4) is 0 Å². The third kappa shape index (κ3) is 4.67. The van der Waals surface area contributed by atoms with E-state index in [0.29, 0.717) is 23.7 Å². The molecular weight excluding hydrogens is 417 g/mol. The summed E-state index contributed by atoms with van der Waals surface area (Å²) in [6.45, 7) is 0.558. The van der Waals surface area contributed by atoms with Gasteiger partial charge in [-0.3, -0.25) is 0 Å². The van der Waals surface area contributed by atoms with Crippen molar-refractivity contribution in [3.8, 4) is 11.5 Å². The van der Waals surface area contributed by atoms with Gasteiger partial charge in [0.2, 0.25) is 0 Å². The molecule has 168 valence electrons. The lowest BCUT2D eigenvalue weighted by Crippen LogP contribution is -2.44. The topological polar surface area (TPSA) is 42.5 Å². The summed E-state index contributed by atoms with van der Waals surface area (Å²) in [5.74, 6) is 1.35. The van der Waals surface area contributed by atoms with E-state index in [1.807, 2.05) is 30.3 Å². The van der Waals surface area contributed by atoms with E-state index in [4.69, 9.17) is 9.47 Å². The minimum absolute atomic E-state index is 0.0424. The summed E-state index contributed by atoms with van der Waals surface area (Å²) in [7, 11) is 3.23. The molecule has 0 radical (unpaired) electrons. The largest absolute Gasteiger partial charge is 0.493 e. The van der Waals surface area contributed by atoms with Crippen LogP contribution in [0.4, 0.5) is 18.9 Å². The monoisotopic (exact) mass is 442 g/mol. The number of methoxy groups -OCH3 is 2. The normalized spacial score (nSPS) is 18.0. The molecule has 2 N–H and O–H groups in total. The van der Waals surface area contributed by atoms with E-state index >= 15 is 0 Å². The van der Waals surface area contributed by atoms with E-state index in [0.717, 1.165) is 35.2 Å². The summed E-state index contributed by atoms with van der Waals surface area (Å²) in [5.41, 5.74) is 3.39. The average molecular weight is 442 g/mol. The van der Waals surface area contributed by atoms with Gasteiger partial charge in [-0.25, -0.2) is 0 Å². The Kier molecular flexibility index (Phi) is 6.28. The Morgan fingerprint density at radius 1 is 0.938 bits per heavy atom. The molecule has 0 aromatic heterocycles. The molecule has 0 fully saturated rings. The van der Waals surface area contributed by atoms with Crippen LogP contribution in [0.2, 0.25) is 0 Å². The summed E-state index contributed by atoms with van der Waals surface area (Å²) in [5, 5.41) is 6.94. The predicted octanol–water partition coefficient (Wildman–Crippen LogP) is 5.44. The van der Waals surface area contributed by atoms with Crippen LogP contribution in [0.5, 0.6) is 11.5 Å². The number of halogens is 3. The Hall–Kier alpha value is -3.19. The van der Waals surface area contributed by atoms with Crippen molar-refractivity contribution in [2.75, 3.05) is 26.1 Å². The fourth-order valence-electron chi connectivity index (χ4n) is 4.10. The second kappa shape index (κ2) is 9.12. The van der Waals surface area contributed by atoms with Crippen molar-refractivity contribution in [3.05, 3.63) is 89.0 Å². The van der Waals surface area contributed by atoms with Gasteiger partial charge in [0.05, 0.1) is 25.8 Å². The van der Waals surface area contributed by atoms with Crippen molar-refractivity contribution in [1.29, 1.82) is 0 Å². The lowest BCUT2D eigenvalue weighted by atomic mass is 9.86. The number of anilines is 1. The van der Waals surface area contributed by atoms with E-state index < -0.39 is 11.7 Å². The van der Waals surface area contributed by atoms with Crippen molar-refractivity contribution in [2.24, 2.45) is 0 Å². The summed E-state index contributed by atoms with van der Waals surface area (Å²) < 4.78 is 49.4. The minimum atomic E-state index is -4.34. The highest BCUT2D eigenvalue weighted by atomic mass is 19.4. The maximum Gasteiger partial charge on any atom is 0.416 e. The Balaban J connectivity index is 1.57. The van der Waals surface area contributed by atoms with Gasteiger partial charge in [-0.05, 0) is 59.5 Å². The van der Waals surface area contributed by atoms with E-state index in [1.54, 1.807) is 14.2 Å². The number of nitrogens with one attached hydrogen (secondary N) is 2. The Labute approximate surface area is 185 Å². The van der Waals surface area contributed by atoms with E-state index in [-0.39, 0.29) is 12.1 Å².